The summed E-state index contributed by atoms with van der Waals surface area (Å²) in [5.74, 6) is -0.874. The molecule has 1 heterocycles. The van der Waals surface area contributed by atoms with Gasteiger partial charge in [-0.05, 0) is 18.9 Å². The SMILES string of the molecule is O=C(O)c1cc(SC2CCCCC2O)cs1. The van der Waals surface area contributed by atoms with Gasteiger partial charge in [0.15, 0.2) is 0 Å². The molecule has 1 saturated carbocycles. The molecular weight excluding hydrogens is 244 g/mol. The molecular formula is C11H14O3S2. The van der Waals surface area contributed by atoms with Crippen LogP contribution in [-0.2, 0) is 0 Å². The van der Waals surface area contributed by atoms with Gasteiger partial charge in [-0.2, -0.15) is 0 Å². The van der Waals surface area contributed by atoms with Gasteiger partial charge >= 0.3 is 5.97 Å². The molecule has 0 saturated heterocycles. The smallest absolute Gasteiger partial charge is 0.345 e. The lowest BCUT2D eigenvalue weighted by atomic mass is 9.97. The number of carboxylic acid groups (broad SMARTS) is 1. The molecule has 1 aliphatic rings. The van der Waals surface area contributed by atoms with Gasteiger partial charge in [-0.15, -0.1) is 23.1 Å². The van der Waals surface area contributed by atoms with Crippen LogP contribution in [-0.4, -0.2) is 27.5 Å². The summed E-state index contributed by atoms with van der Waals surface area (Å²) in [6, 6.07) is 1.69. The molecule has 2 unspecified atom stereocenters. The molecule has 0 amide bonds. The van der Waals surface area contributed by atoms with E-state index in [0.717, 1.165) is 30.6 Å². The van der Waals surface area contributed by atoms with Crippen LogP contribution in [0.25, 0.3) is 0 Å². The third-order valence-corrected chi connectivity index (χ3v) is 5.17. The first kappa shape index (κ1) is 12.0. The van der Waals surface area contributed by atoms with E-state index < -0.39 is 5.97 Å². The van der Waals surface area contributed by atoms with Crippen LogP contribution in [0.1, 0.15) is 35.4 Å². The van der Waals surface area contributed by atoms with Crippen LogP contribution in [0.2, 0.25) is 0 Å². The fourth-order valence-electron chi connectivity index (χ4n) is 1.88. The Labute approximate surface area is 102 Å². The Morgan fingerprint density at radius 3 is 2.81 bits per heavy atom. The number of thioether (sulfide) groups is 1. The van der Waals surface area contributed by atoms with Crippen molar-refractivity contribution in [3.05, 3.63) is 16.3 Å². The highest BCUT2D eigenvalue weighted by atomic mass is 32.2. The van der Waals surface area contributed by atoms with E-state index in [2.05, 4.69) is 0 Å². The van der Waals surface area contributed by atoms with E-state index in [-0.39, 0.29) is 11.4 Å². The lowest BCUT2D eigenvalue weighted by molar-refractivity contribution is 0.0702. The predicted octanol–water partition coefficient (Wildman–Crippen LogP) is 2.84. The number of aromatic carboxylic acids is 1. The molecule has 5 heteroatoms. The summed E-state index contributed by atoms with van der Waals surface area (Å²) in [5.41, 5.74) is 0. The molecule has 2 atom stereocenters. The minimum atomic E-state index is -0.874. The number of carboxylic acids is 1. The third-order valence-electron chi connectivity index (χ3n) is 2.74. The van der Waals surface area contributed by atoms with E-state index in [9.17, 15) is 9.90 Å². The fourth-order valence-corrected chi connectivity index (χ4v) is 4.04. The second-order valence-corrected chi connectivity index (χ2v) is 6.18. The normalized spacial score (nSPS) is 25.6. The van der Waals surface area contributed by atoms with Gasteiger partial charge in [-0.25, -0.2) is 4.79 Å². The van der Waals surface area contributed by atoms with Crippen LogP contribution < -0.4 is 0 Å². The van der Waals surface area contributed by atoms with Crippen LogP contribution in [0.4, 0.5) is 0 Å². The molecule has 0 aliphatic heterocycles. The van der Waals surface area contributed by atoms with Crippen LogP contribution in [0.3, 0.4) is 0 Å². The monoisotopic (exact) mass is 258 g/mol. The fraction of sp³-hybridized carbons (Fsp3) is 0.545. The molecule has 1 fully saturated rings. The van der Waals surface area contributed by atoms with E-state index in [1.165, 1.54) is 11.3 Å². The standard InChI is InChI=1S/C11H14O3S2/c12-8-3-1-2-4-9(8)16-7-5-10(11(13)14)15-6-7/h5-6,8-9,12H,1-4H2,(H,13,14). The number of hydrogen-bond donors (Lipinski definition) is 2. The van der Waals surface area contributed by atoms with Crippen LogP contribution in [0.5, 0.6) is 0 Å². The lowest BCUT2D eigenvalue weighted by Crippen LogP contribution is -2.26. The first-order valence-corrected chi connectivity index (χ1v) is 7.09. The Bertz CT molecular complexity index is 375. The average Bonchev–Trinajstić information content (AvgIpc) is 2.70. The van der Waals surface area contributed by atoms with Crippen molar-refractivity contribution in [1.82, 2.24) is 0 Å². The Morgan fingerprint density at radius 1 is 1.44 bits per heavy atom. The summed E-state index contributed by atoms with van der Waals surface area (Å²) in [5, 5.41) is 20.7. The molecule has 3 nitrogen and oxygen atoms in total. The minimum Gasteiger partial charge on any atom is -0.477 e. The molecule has 1 aliphatic carbocycles. The van der Waals surface area contributed by atoms with Gasteiger partial charge in [-0.1, -0.05) is 12.8 Å². The number of thiophene rings is 1. The van der Waals surface area contributed by atoms with Crippen LogP contribution in [0, 0.1) is 0 Å². The zero-order chi connectivity index (χ0) is 11.5. The zero-order valence-corrected chi connectivity index (χ0v) is 10.4. The quantitative estimate of drug-likeness (QED) is 0.875. The maximum atomic E-state index is 10.7. The molecule has 0 radical (unpaired) electrons. The summed E-state index contributed by atoms with van der Waals surface area (Å²) in [7, 11) is 0. The van der Waals surface area contributed by atoms with Gasteiger partial charge in [0.05, 0.1) is 6.10 Å². The van der Waals surface area contributed by atoms with Crippen molar-refractivity contribution in [2.75, 3.05) is 0 Å². The molecule has 1 aromatic heterocycles. The highest BCUT2D eigenvalue weighted by Gasteiger charge is 2.24. The molecule has 0 aromatic carbocycles. The van der Waals surface area contributed by atoms with Crippen molar-refractivity contribution in [3.8, 4) is 0 Å². The highest BCUT2D eigenvalue weighted by molar-refractivity contribution is 8.00. The topological polar surface area (TPSA) is 57.5 Å². The summed E-state index contributed by atoms with van der Waals surface area (Å²) < 4.78 is 0. The van der Waals surface area contributed by atoms with Gasteiger partial charge in [0.25, 0.3) is 0 Å². The summed E-state index contributed by atoms with van der Waals surface area (Å²) >= 11 is 2.85. The van der Waals surface area contributed by atoms with E-state index in [4.69, 9.17) is 5.11 Å². The van der Waals surface area contributed by atoms with Crippen molar-refractivity contribution in [2.24, 2.45) is 0 Å². The number of rotatable bonds is 3. The highest BCUT2D eigenvalue weighted by Crippen LogP contribution is 2.35. The Balaban J connectivity index is 1.99. The van der Waals surface area contributed by atoms with Crippen LogP contribution in [0.15, 0.2) is 16.3 Å². The zero-order valence-electron chi connectivity index (χ0n) is 8.76. The molecule has 0 bridgehead atoms. The second kappa shape index (κ2) is 5.21. The van der Waals surface area contributed by atoms with Crippen molar-refractivity contribution in [1.29, 1.82) is 0 Å². The minimum absolute atomic E-state index is 0.227. The van der Waals surface area contributed by atoms with E-state index in [1.54, 1.807) is 17.8 Å². The maximum absolute atomic E-state index is 10.7. The van der Waals surface area contributed by atoms with E-state index >= 15 is 0 Å². The van der Waals surface area contributed by atoms with E-state index in [1.807, 2.05) is 5.38 Å². The molecule has 2 N–H and O–H groups in total. The first-order chi connectivity index (χ1) is 7.66. The maximum Gasteiger partial charge on any atom is 0.345 e. The predicted molar refractivity (Wildman–Crippen MR) is 65.4 cm³/mol. The van der Waals surface area contributed by atoms with Gasteiger partial charge in [0.2, 0.25) is 0 Å². The molecule has 1 aromatic rings. The lowest BCUT2D eigenvalue weighted by Gasteiger charge is -2.26. The second-order valence-electron chi connectivity index (χ2n) is 3.96. The largest absolute Gasteiger partial charge is 0.477 e. The number of aliphatic hydroxyl groups excluding tert-OH is 1. The molecule has 88 valence electrons. The van der Waals surface area contributed by atoms with Crippen LogP contribution >= 0.6 is 23.1 Å². The molecule has 2 rings (SSSR count). The Morgan fingerprint density at radius 2 is 2.19 bits per heavy atom. The van der Waals surface area contributed by atoms with Gasteiger partial charge in [0, 0.05) is 15.5 Å². The van der Waals surface area contributed by atoms with Gasteiger partial charge in [-0.3, -0.25) is 0 Å². The van der Waals surface area contributed by atoms with Crippen molar-refractivity contribution < 1.29 is 15.0 Å². The molecule has 0 spiro atoms. The van der Waals surface area contributed by atoms with Crippen molar-refractivity contribution in [3.63, 3.8) is 0 Å². The summed E-state index contributed by atoms with van der Waals surface area (Å²) in [6.45, 7) is 0. The van der Waals surface area contributed by atoms with Crippen molar-refractivity contribution >= 4 is 29.1 Å². The van der Waals surface area contributed by atoms with Gasteiger partial charge < -0.3 is 10.2 Å². The van der Waals surface area contributed by atoms with Crippen molar-refractivity contribution in [2.45, 2.75) is 41.9 Å². The average molecular weight is 258 g/mol. The Hall–Kier alpha value is -0.520. The van der Waals surface area contributed by atoms with Gasteiger partial charge in [0.1, 0.15) is 4.88 Å². The summed E-state index contributed by atoms with van der Waals surface area (Å²) in [6.07, 6.45) is 3.90. The first-order valence-electron chi connectivity index (χ1n) is 5.33. The number of aliphatic hydroxyl groups is 1. The van der Waals surface area contributed by atoms with E-state index in [0.29, 0.717) is 4.88 Å². The number of carbonyl (C=O) groups is 1. The molecule has 16 heavy (non-hydrogen) atoms. The number of hydrogen-bond acceptors (Lipinski definition) is 4. The third kappa shape index (κ3) is 2.78. The summed E-state index contributed by atoms with van der Waals surface area (Å²) in [4.78, 5) is 12.1. The Kier molecular flexibility index (Phi) is 3.89.